The van der Waals surface area contributed by atoms with E-state index in [4.69, 9.17) is 4.74 Å². The molecule has 1 N–H and O–H groups in total. The lowest BCUT2D eigenvalue weighted by molar-refractivity contribution is -0.00532. The first-order chi connectivity index (χ1) is 10.1. The normalized spacial score (nSPS) is 18.8. The van der Waals surface area contributed by atoms with Crippen molar-refractivity contribution in [2.75, 3.05) is 19.8 Å². The van der Waals surface area contributed by atoms with Gasteiger partial charge in [-0.05, 0) is 26.0 Å². The maximum absolute atomic E-state index is 12.7. The molecule has 2 aromatic rings. The summed E-state index contributed by atoms with van der Waals surface area (Å²) < 4.78 is 5.51. The second-order valence-electron chi connectivity index (χ2n) is 5.20. The summed E-state index contributed by atoms with van der Waals surface area (Å²) in [5.74, 6) is 0.675. The first kappa shape index (κ1) is 13.8. The van der Waals surface area contributed by atoms with E-state index in [9.17, 15) is 4.79 Å². The van der Waals surface area contributed by atoms with Gasteiger partial charge >= 0.3 is 0 Å². The standard InChI is InChI=1S/C15H18N4O2/c1-10-4-3-5-12(17-10)15(20)19-6-7-21-9-13(19)14-16-8-11(2)18-14/h3-5,8,13H,6-7,9H2,1-2H3,(H,16,18)/t13-/m1/s1. The molecule has 3 heterocycles. The van der Waals surface area contributed by atoms with Gasteiger partial charge in [-0.15, -0.1) is 0 Å². The Labute approximate surface area is 123 Å². The second kappa shape index (κ2) is 5.65. The molecule has 0 unspecified atom stereocenters. The first-order valence-corrected chi connectivity index (χ1v) is 6.99. The van der Waals surface area contributed by atoms with E-state index in [1.807, 2.05) is 26.0 Å². The van der Waals surface area contributed by atoms with Gasteiger partial charge in [0.2, 0.25) is 0 Å². The number of aryl methyl sites for hydroxylation is 2. The number of rotatable bonds is 2. The number of carbonyl (C=O) groups is 1. The largest absolute Gasteiger partial charge is 0.377 e. The average Bonchev–Trinajstić information content (AvgIpc) is 2.93. The summed E-state index contributed by atoms with van der Waals surface area (Å²) in [6, 6.07) is 5.28. The Morgan fingerprint density at radius 2 is 2.29 bits per heavy atom. The highest BCUT2D eigenvalue weighted by Gasteiger charge is 2.31. The molecule has 1 amide bonds. The number of carbonyl (C=O) groups excluding carboxylic acids is 1. The number of aromatic nitrogens is 3. The van der Waals surface area contributed by atoms with Crippen molar-refractivity contribution in [1.29, 1.82) is 0 Å². The number of aromatic amines is 1. The third-order valence-corrected chi connectivity index (χ3v) is 3.53. The highest BCUT2D eigenvalue weighted by Crippen LogP contribution is 2.23. The Morgan fingerprint density at radius 1 is 1.43 bits per heavy atom. The molecular formula is C15H18N4O2. The summed E-state index contributed by atoms with van der Waals surface area (Å²) in [5.41, 5.74) is 2.27. The van der Waals surface area contributed by atoms with Crippen LogP contribution in [0.3, 0.4) is 0 Å². The van der Waals surface area contributed by atoms with Crippen molar-refractivity contribution < 1.29 is 9.53 Å². The number of hydrogen-bond donors (Lipinski definition) is 1. The van der Waals surface area contributed by atoms with Crippen LogP contribution >= 0.6 is 0 Å². The van der Waals surface area contributed by atoms with Crippen LogP contribution < -0.4 is 0 Å². The van der Waals surface area contributed by atoms with Crippen molar-refractivity contribution in [3.8, 4) is 0 Å². The predicted octanol–water partition coefficient (Wildman–Crippen LogP) is 1.64. The number of hydrogen-bond acceptors (Lipinski definition) is 4. The molecule has 0 aliphatic carbocycles. The van der Waals surface area contributed by atoms with Crippen LogP contribution in [0.1, 0.15) is 33.7 Å². The molecule has 110 valence electrons. The molecule has 1 atom stereocenters. The molecule has 6 heteroatoms. The van der Waals surface area contributed by atoms with Crippen LogP contribution in [0.5, 0.6) is 0 Å². The zero-order valence-corrected chi connectivity index (χ0v) is 12.2. The number of morpholine rings is 1. The van der Waals surface area contributed by atoms with Crippen LogP contribution in [0, 0.1) is 13.8 Å². The smallest absolute Gasteiger partial charge is 0.273 e. The molecule has 1 aliphatic heterocycles. The molecule has 3 rings (SSSR count). The second-order valence-corrected chi connectivity index (χ2v) is 5.20. The summed E-state index contributed by atoms with van der Waals surface area (Å²) >= 11 is 0. The number of nitrogens with one attached hydrogen (secondary N) is 1. The van der Waals surface area contributed by atoms with E-state index in [2.05, 4.69) is 15.0 Å². The zero-order valence-electron chi connectivity index (χ0n) is 12.2. The van der Waals surface area contributed by atoms with Crippen molar-refractivity contribution in [1.82, 2.24) is 19.9 Å². The number of H-pyrrole nitrogens is 1. The van der Waals surface area contributed by atoms with E-state index in [1.54, 1.807) is 17.2 Å². The van der Waals surface area contributed by atoms with E-state index in [0.717, 1.165) is 17.2 Å². The molecular weight excluding hydrogens is 268 g/mol. The summed E-state index contributed by atoms with van der Waals surface area (Å²) in [6.07, 6.45) is 1.76. The Balaban J connectivity index is 1.89. The van der Waals surface area contributed by atoms with Gasteiger partial charge in [0.05, 0.1) is 13.2 Å². The van der Waals surface area contributed by atoms with Gasteiger partial charge in [-0.2, -0.15) is 0 Å². The van der Waals surface area contributed by atoms with Crippen molar-refractivity contribution in [2.45, 2.75) is 19.9 Å². The van der Waals surface area contributed by atoms with Gasteiger partial charge in [-0.1, -0.05) is 6.07 Å². The molecule has 1 aliphatic rings. The van der Waals surface area contributed by atoms with E-state index in [-0.39, 0.29) is 11.9 Å². The van der Waals surface area contributed by atoms with Crippen LogP contribution in [0.15, 0.2) is 24.4 Å². The topological polar surface area (TPSA) is 71.1 Å². The third-order valence-electron chi connectivity index (χ3n) is 3.53. The highest BCUT2D eigenvalue weighted by molar-refractivity contribution is 5.92. The zero-order chi connectivity index (χ0) is 14.8. The fourth-order valence-corrected chi connectivity index (χ4v) is 2.48. The van der Waals surface area contributed by atoms with Gasteiger partial charge in [0.15, 0.2) is 0 Å². The summed E-state index contributed by atoms with van der Waals surface area (Å²) in [6.45, 7) is 5.34. The van der Waals surface area contributed by atoms with Gasteiger partial charge in [0, 0.05) is 24.1 Å². The van der Waals surface area contributed by atoms with Crippen LogP contribution in [0.4, 0.5) is 0 Å². The average molecular weight is 286 g/mol. The molecule has 0 saturated carbocycles. The Kier molecular flexibility index (Phi) is 3.70. The van der Waals surface area contributed by atoms with Crippen LogP contribution in [-0.4, -0.2) is 45.5 Å². The summed E-state index contributed by atoms with van der Waals surface area (Å²) in [7, 11) is 0. The monoisotopic (exact) mass is 286 g/mol. The van der Waals surface area contributed by atoms with Gasteiger partial charge in [-0.25, -0.2) is 9.97 Å². The molecule has 1 fully saturated rings. The number of ether oxygens (including phenoxy) is 1. The molecule has 0 bridgehead atoms. The Morgan fingerprint density at radius 3 is 3.00 bits per heavy atom. The van der Waals surface area contributed by atoms with Crippen molar-refractivity contribution in [3.05, 3.63) is 47.3 Å². The van der Waals surface area contributed by atoms with Crippen LogP contribution in [-0.2, 0) is 4.74 Å². The Hall–Kier alpha value is -2.21. The number of pyridine rings is 1. The summed E-state index contributed by atoms with van der Waals surface area (Å²) in [4.78, 5) is 26.3. The predicted molar refractivity (Wildman–Crippen MR) is 76.9 cm³/mol. The van der Waals surface area contributed by atoms with Gasteiger partial charge < -0.3 is 14.6 Å². The van der Waals surface area contributed by atoms with Gasteiger partial charge in [-0.3, -0.25) is 4.79 Å². The first-order valence-electron chi connectivity index (χ1n) is 6.99. The minimum absolute atomic E-state index is 0.0824. The maximum Gasteiger partial charge on any atom is 0.273 e. The van der Waals surface area contributed by atoms with Crippen molar-refractivity contribution in [3.63, 3.8) is 0 Å². The molecule has 1 saturated heterocycles. The van der Waals surface area contributed by atoms with Gasteiger partial charge in [0.25, 0.3) is 5.91 Å². The lowest BCUT2D eigenvalue weighted by Gasteiger charge is -2.34. The van der Waals surface area contributed by atoms with Gasteiger partial charge in [0.1, 0.15) is 17.6 Å². The van der Waals surface area contributed by atoms with Crippen LogP contribution in [0.25, 0.3) is 0 Å². The molecule has 0 radical (unpaired) electrons. The fourth-order valence-electron chi connectivity index (χ4n) is 2.48. The minimum Gasteiger partial charge on any atom is -0.377 e. The molecule has 21 heavy (non-hydrogen) atoms. The number of imidazole rings is 1. The lowest BCUT2D eigenvalue weighted by Crippen LogP contribution is -2.44. The summed E-state index contributed by atoms with van der Waals surface area (Å²) in [5, 5.41) is 0. The van der Waals surface area contributed by atoms with E-state index in [1.165, 1.54) is 0 Å². The molecule has 0 aromatic carbocycles. The maximum atomic E-state index is 12.7. The highest BCUT2D eigenvalue weighted by atomic mass is 16.5. The molecule has 6 nitrogen and oxygen atoms in total. The van der Waals surface area contributed by atoms with Crippen LogP contribution in [0.2, 0.25) is 0 Å². The molecule has 2 aromatic heterocycles. The third kappa shape index (κ3) is 2.80. The van der Waals surface area contributed by atoms with Crippen molar-refractivity contribution >= 4 is 5.91 Å². The SMILES string of the molecule is Cc1cccc(C(=O)N2CCOC[C@@H]2c2ncc(C)[nH]2)n1. The van der Waals surface area contributed by atoms with E-state index in [0.29, 0.717) is 25.5 Å². The minimum atomic E-state index is -0.192. The fraction of sp³-hybridized carbons (Fsp3) is 0.400. The van der Waals surface area contributed by atoms with E-state index >= 15 is 0 Å². The lowest BCUT2D eigenvalue weighted by atomic mass is 10.2. The van der Waals surface area contributed by atoms with E-state index < -0.39 is 0 Å². The molecule has 0 spiro atoms. The number of nitrogens with zero attached hydrogens (tertiary/aromatic N) is 3. The Bertz CT molecular complexity index is 653. The quantitative estimate of drug-likeness (QED) is 0.911. The van der Waals surface area contributed by atoms with Crippen molar-refractivity contribution in [2.24, 2.45) is 0 Å². The number of amides is 1.